The molecule has 2 aliphatic heterocycles. The van der Waals surface area contributed by atoms with E-state index >= 15 is 0 Å². The predicted molar refractivity (Wildman–Crippen MR) is 142 cm³/mol. The third kappa shape index (κ3) is 6.46. The molecule has 8 nitrogen and oxygen atoms in total. The predicted octanol–water partition coefficient (Wildman–Crippen LogP) is 3.63. The van der Waals surface area contributed by atoms with Crippen LogP contribution in [0.3, 0.4) is 0 Å². The van der Waals surface area contributed by atoms with E-state index in [0.717, 1.165) is 55.1 Å². The number of aliphatic hydroxyl groups is 1. The quantitative estimate of drug-likeness (QED) is 0.471. The van der Waals surface area contributed by atoms with Crippen molar-refractivity contribution in [1.29, 1.82) is 0 Å². The van der Waals surface area contributed by atoms with Gasteiger partial charge in [-0.05, 0) is 28.8 Å². The number of hydrogen-bond donors (Lipinski definition) is 2. The molecule has 0 radical (unpaired) electrons. The van der Waals surface area contributed by atoms with Gasteiger partial charge in [-0.1, -0.05) is 55.5 Å². The highest BCUT2D eigenvalue weighted by atomic mass is 16.7. The molecule has 3 heterocycles. The van der Waals surface area contributed by atoms with E-state index < -0.39 is 6.29 Å². The number of ether oxygens (including phenoxy) is 3. The lowest BCUT2D eigenvalue weighted by Crippen LogP contribution is -2.47. The van der Waals surface area contributed by atoms with Crippen molar-refractivity contribution < 1.29 is 24.1 Å². The van der Waals surface area contributed by atoms with Crippen molar-refractivity contribution in [2.75, 3.05) is 32.8 Å². The number of nitrogens with one attached hydrogen (secondary N) is 1. The van der Waals surface area contributed by atoms with E-state index in [1.54, 1.807) is 24.5 Å². The molecule has 2 aromatic carbocycles. The molecule has 0 bridgehead atoms. The first-order chi connectivity index (χ1) is 18.6. The number of aliphatic hydroxyl groups excluding tert-OH is 1. The number of pyridine rings is 1. The van der Waals surface area contributed by atoms with Gasteiger partial charge in [0.1, 0.15) is 0 Å². The number of rotatable bonds is 8. The second-order valence-corrected chi connectivity index (χ2v) is 9.90. The number of aromatic nitrogens is 1. The molecule has 4 atom stereocenters. The molecule has 2 fully saturated rings. The Bertz CT molecular complexity index is 1170. The molecule has 38 heavy (non-hydrogen) atoms. The van der Waals surface area contributed by atoms with E-state index in [-0.39, 0.29) is 30.6 Å². The molecular formula is C30H35N3O5. The van der Waals surface area contributed by atoms with Crippen molar-refractivity contribution >= 4 is 5.91 Å². The van der Waals surface area contributed by atoms with E-state index in [1.807, 2.05) is 48.5 Å². The zero-order chi connectivity index (χ0) is 26.3. The van der Waals surface area contributed by atoms with E-state index in [4.69, 9.17) is 14.2 Å². The Morgan fingerprint density at radius 3 is 2.39 bits per heavy atom. The maximum absolute atomic E-state index is 12.4. The van der Waals surface area contributed by atoms with E-state index in [0.29, 0.717) is 12.1 Å². The maximum Gasteiger partial charge on any atom is 0.253 e. The number of benzene rings is 2. The van der Waals surface area contributed by atoms with E-state index in [9.17, 15) is 9.90 Å². The first kappa shape index (κ1) is 26.5. The molecular weight excluding hydrogens is 482 g/mol. The number of morpholine rings is 1. The van der Waals surface area contributed by atoms with Crippen LogP contribution in [0.15, 0.2) is 73.1 Å². The molecule has 4 unspecified atom stereocenters. The molecule has 8 heteroatoms. The molecule has 0 spiro atoms. The normalized spacial score (nSPS) is 24.2. The van der Waals surface area contributed by atoms with Gasteiger partial charge in [-0.2, -0.15) is 0 Å². The summed E-state index contributed by atoms with van der Waals surface area (Å²) in [7, 11) is 0. The second kappa shape index (κ2) is 12.6. The SMILES string of the molecule is CC1C(CN2CCOCC2)OC(c2ccc(CNC(=O)c3cccnc3)cc2)OC1c1ccc(CO)cc1. The smallest absolute Gasteiger partial charge is 0.253 e. The van der Waals surface area contributed by atoms with Crippen molar-refractivity contribution in [2.45, 2.75) is 38.6 Å². The van der Waals surface area contributed by atoms with Gasteiger partial charge in [-0.25, -0.2) is 0 Å². The van der Waals surface area contributed by atoms with Gasteiger partial charge in [-0.15, -0.1) is 0 Å². The summed E-state index contributed by atoms with van der Waals surface area (Å²) in [6.45, 7) is 6.70. The molecule has 5 rings (SSSR count). The van der Waals surface area contributed by atoms with Crippen molar-refractivity contribution in [3.8, 4) is 0 Å². The molecule has 3 aromatic rings. The van der Waals surface area contributed by atoms with Crippen LogP contribution in [0, 0.1) is 5.92 Å². The summed E-state index contributed by atoms with van der Waals surface area (Å²) in [5, 5.41) is 12.4. The number of nitrogens with zero attached hydrogens (tertiary/aromatic N) is 2. The van der Waals surface area contributed by atoms with Crippen molar-refractivity contribution in [1.82, 2.24) is 15.2 Å². The van der Waals surface area contributed by atoms with Crippen molar-refractivity contribution in [2.24, 2.45) is 5.92 Å². The van der Waals surface area contributed by atoms with Crippen LogP contribution in [0.25, 0.3) is 0 Å². The molecule has 2 saturated heterocycles. The van der Waals surface area contributed by atoms with Gasteiger partial charge in [0.15, 0.2) is 6.29 Å². The Morgan fingerprint density at radius 2 is 1.71 bits per heavy atom. The van der Waals surface area contributed by atoms with Crippen LogP contribution in [0.1, 0.15) is 51.9 Å². The zero-order valence-corrected chi connectivity index (χ0v) is 21.7. The minimum absolute atomic E-state index is 0.0157. The molecule has 0 aliphatic carbocycles. The Kier molecular flexibility index (Phi) is 8.78. The lowest BCUT2D eigenvalue weighted by molar-refractivity contribution is -0.277. The summed E-state index contributed by atoms with van der Waals surface area (Å²) in [6, 6.07) is 19.4. The van der Waals surface area contributed by atoms with Crippen LogP contribution in [0.2, 0.25) is 0 Å². The van der Waals surface area contributed by atoms with Crippen LogP contribution in [-0.2, 0) is 27.4 Å². The fraction of sp³-hybridized carbons (Fsp3) is 0.400. The third-order valence-corrected chi connectivity index (χ3v) is 7.29. The lowest BCUT2D eigenvalue weighted by Gasteiger charge is -2.43. The number of carbonyl (C=O) groups excluding carboxylic acids is 1. The van der Waals surface area contributed by atoms with Crippen LogP contribution in [0.4, 0.5) is 0 Å². The Balaban J connectivity index is 1.30. The van der Waals surface area contributed by atoms with E-state index in [2.05, 4.69) is 22.1 Å². The minimum atomic E-state index is -0.515. The van der Waals surface area contributed by atoms with Gasteiger partial charge in [0, 0.05) is 50.1 Å². The van der Waals surface area contributed by atoms with Crippen LogP contribution >= 0.6 is 0 Å². The first-order valence-corrected chi connectivity index (χ1v) is 13.2. The fourth-order valence-corrected chi connectivity index (χ4v) is 4.94. The zero-order valence-electron chi connectivity index (χ0n) is 21.7. The lowest BCUT2D eigenvalue weighted by atomic mass is 9.90. The molecule has 2 N–H and O–H groups in total. The van der Waals surface area contributed by atoms with Gasteiger partial charge in [-0.3, -0.25) is 14.7 Å². The third-order valence-electron chi connectivity index (χ3n) is 7.29. The standard InChI is InChI=1S/C30H35N3O5/c1-21-27(19-33-13-15-36-16-14-33)37-30(38-28(21)24-8-6-23(20-34)7-9-24)25-10-4-22(5-11-25)17-32-29(35)26-3-2-12-31-18-26/h2-12,18,21,27-28,30,34H,13-17,19-20H2,1H3,(H,32,35). The Labute approximate surface area is 223 Å². The van der Waals surface area contributed by atoms with Gasteiger partial charge in [0.25, 0.3) is 5.91 Å². The summed E-state index contributed by atoms with van der Waals surface area (Å²) in [4.78, 5) is 18.8. The molecule has 1 amide bonds. The Morgan fingerprint density at radius 1 is 1.00 bits per heavy atom. The number of amides is 1. The summed E-state index contributed by atoms with van der Waals surface area (Å²) in [5.74, 6) is -0.0212. The molecule has 2 aliphatic rings. The highest BCUT2D eigenvalue weighted by Crippen LogP contribution is 2.41. The molecule has 0 saturated carbocycles. The number of hydrogen-bond acceptors (Lipinski definition) is 7. The highest BCUT2D eigenvalue weighted by molar-refractivity contribution is 5.93. The average Bonchev–Trinajstić information content (AvgIpc) is 2.98. The highest BCUT2D eigenvalue weighted by Gasteiger charge is 2.39. The summed E-state index contributed by atoms with van der Waals surface area (Å²) >= 11 is 0. The Hall–Kier alpha value is -3.14. The van der Waals surface area contributed by atoms with Crippen molar-refractivity contribution in [3.05, 3.63) is 101 Å². The second-order valence-electron chi connectivity index (χ2n) is 9.90. The van der Waals surface area contributed by atoms with Gasteiger partial charge < -0.3 is 24.6 Å². The van der Waals surface area contributed by atoms with Gasteiger partial charge >= 0.3 is 0 Å². The minimum Gasteiger partial charge on any atom is -0.392 e. The molecule has 200 valence electrons. The van der Waals surface area contributed by atoms with Gasteiger partial charge in [0.05, 0.1) is 37.6 Å². The fourth-order valence-electron chi connectivity index (χ4n) is 4.94. The van der Waals surface area contributed by atoms with Crippen LogP contribution in [0.5, 0.6) is 0 Å². The summed E-state index contributed by atoms with van der Waals surface area (Å²) < 4.78 is 18.6. The van der Waals surface area contributed by atoms with E-state index in [1.165, 1.54) is 0 Å². The average molecular weight is 518 g/mol. The van der Waals surface area contributed by atoms with Crippen LogP contribution in [-0.4, -0.2) is 59.8 Å². The van der Waals surface area contributed by atoms with Crippen molar-refractivity contribution in [3.63, 3.8) is 0 Å². The molecule has 1 aromatic heterocycles. The van der Waals surface area contributed by atoms with Crippen LogP contribution < -0.4 is 5.32 Å². The topological polar surface area (TPSA) is 93.2 Å². The largest absolute Gasteiger partial charge is 0.392 e. The summed E-state index contributed by atoms with van der Waals surface area (Å²) in [5.41, 5.74) is 4.40. The number of carbonyl (C=O) groups is 1. The maximum atomic E-state index is 12.4. The van der Waals surface area contributed by atoms with Gasteiger partial charge in [0.2, 0.25) is 0 Å². The summed E-state index contributed by atoms with van der Waals surface area (Å²) in [6.07, 6.45) is 2.52. The monoisotopic (exact) mass is 517 g/mol. The first-order valence-electron chi connectivity index (χ1n) is 13.2.